The van der Waals surface area contributed by atoms with Crippen molar-refractivity contribution in [2.45, 2.75) is 0 Å². The third kappa shape index (κ3) is 3.66. The average Bonchev–Trinajstić information content (AvgIpc) is 2.87. The fourth-order valence-electron chi connectivity index (χ4n) is 4.47. The van der Waals surface area contributed by atoms with Gasteiger partial charge in [-0.3, -0.25) is 0 Å². The summed E-state index contributed by atoms with van der Waals surface area (Å²) in [5.74, 6) is 0. The molecular weight excluding hydrogens is 428 g/mol. The highest BCUT2D eigenvalue weighted by Gasteiger charge is 2.41. The van der Waals surface area contributed by atoms with Crippen LogP contribution in [0.3, 0.4) is 0 Å². The Kier molecular flexibility index (Phi) is 5.67. The van der Waals surface area contributed by atoms with Crippen LogP contribution in [0.4, 0.5) is 0 Å². The van der Waals surface area contributed by atoms with E-state index < -0.39 is 8.07 Å². The van der Waals surface area contributed by atoms with Gasteiger partial charge >= 0.3 is 0 Å². The Morgan fingerprint density at radius 1 is 0.531 bits per heavy atom. The molecular formula is C28H21ClN2Si. The molecule has 0 N–H and O–H groups in total. The lowest BCUT2D eigenvalue weighted by molar-refractivity contribution is 1.17. The quantitative estimate of drug-likeness (QED) is 0.229. The Balaban J connectivity index is 1.85. The smallest absolute Gasteiger partial charge is 0.222 e. The van der Waals surface area contributed by atoms with Gasteiger partial charge in [0.2, 0.25) is 5.28 Å². The van der Waals surface area contributed by atoms with E-state index in [0.717, 1.165) is 11.3 Å². The largest absolute Gasteiger partial charge is 0.226 e. The van der Waals surface area contributed by atoms with Gasteiger partial charge in [-0.05, 0) is 38.4 Å². The highest BCUT2D eigenvalue weighted by atomic mass is 35.5. The minimum atomic E-state index is -2.55. The number of halogens is 1. The first kappa shape index (κ1) is 20.4. The summed E-state index contributed by atoms with van der Waals surface area (Å²) in [4.78, 5) is 8.50. The minimum Gasteiger partial charge on any atom is -0.226 e. The molecule has 0 spiro atoms. The Bertz CT molecular complexity index is 1230. The van der Waals surface area contributed by atoms with Crippen molar-refractivity contribution < 1.29 is 0 Å². The molecule has 0 aliphatic heterocycles. The topological polar surface area (TPSA) is 25.8 Å². The molecule has 0 fully saturated rings. The number of hydrogen-bond acceptors (Lipinski definition) is 2. The Labute approximate surface area is 194 Å². The summed E-state index contributed by atoms with van der Waals surface area (Å²) >= 11 is 6.10. The lowest BCUT2D eigenvalue weighted by Gasteiger charge is -2.34. The van der Waals surface area contributed by atoms with Crippen molar-refractivity contribution in [3.8, 4) is 11.3 Å². The minimum absolute atomic E-state index is 0.255. The molecule has 0 bridgehead atoms. The van der Waals surface area contributed by atoms with Gasteiger partial charge in [-0.15, -0.1) is 0 Å². The summed E-state index contributed by atoms with van der Waals surface area (Å²) in [6.45, 7) is 0. The van der Waals surface area contributed by atoms with Gasteiger partial charge in [-0.2, -0.15) is 0 Å². The molecule has 1 aromatic heterocycles. The van der Waals surface area contributed by atoms with Crippen molar-refractivity contribution >= 4 is 40.4 Å². The van der Waals surface area contributed by atoms with Gasteiger partial charge in [0.05, 0.1) is 5.69 Å². The number of nitrogens with zero attached hydrogens (tertiary/aromatic N) is 2. The van der Waals surface area contributed by atoms with Crippen LogP contribution in [0.5, 0.6) is 0 Å². The highest BCUT2D eigenvalue weighted by Crippen LogP contribution is 2.18. The summed E-state index contributed by atoms with van der Waals surface area (Å²) in [7, 11) is -2.55. The zero-order valence-electron chi connectivity index (χ0n) is 17.4. The van der Waals surface area contributed by atoms with Gasteiger partial charge in [0.1, 0.15) is 0 Å². The molecule has 154 valence electrons. The number of rotatable bonds is 5. The molecule has 0 aliphatic carbocycles. The second kappa shape index (κ2) is 8.91. The van der Waals surface area contributed by atoms with E-state index in [1.54, 1.807) is 6.20 Å². The normalized spacial score (nSPS) is 11.3. The van der Waals surface area contributed by atoms with Crippen molar-refractivity contribution in [1.82, 2.24) is 9.97 Å². The molecule has 0 radical (unpaired) electrons. The van der Waals surface area contributed by atoms with Crippen LogP contribution in [-0.2, 0) is 0 Å². The van der Waals surface area contributed by atoms with E-state index in [1.165, 1.54) is 20.7 Å². The first-order valence-corrected chi connectivity index (χ1v) is 12.9. The van der Waals surface area contributed by atoms with Gasteiger partial charge in [-0.1, -0.05) is 115 Å². The van der Waals surface area contributed by atoms with Crippen LogP contribution in [0.1, 0.15) is 0 Å². The Morgan fingerprint density at radius 2 is 1.03 bits per heavy atom. The summed E-state index contributed by atoms with van der Waals surface area (Å²) in [6, 6.07) is 43.3. The van der Waals surface area contributed by atoms with E-state index in [2.05, 4.69) is 125 Å². The van der Waals surface area contributed by atoms with E-state index in [-0.39, 0.29) is 5.28 Å². The van der Waals surface area contributed by atoms with Crippen LogP contribution < -0.4 is 20.7 Å². The molecule has 0 saturated heterocycles. The van der Waals surface area contributed by atoms with Crippen LogP contribution >= 0.6 is 11.6 Å². The summed E-state index contributed by atoms with van der Waals surface area (Å²) < 4.78 is 0. The fourth-order valence-corrected chi connectivity index (χ4v) is 9.41. The van der Waals surface area contributed by atoms with Crippen LogP contribution in [0.25, 0.3) is 11.3 Å². The molecule has 0 saturated carbocycles. The van der Waals surface area contributed by atoms with Gasteiger partial charge in [-0.25, -0.2) is 9.97 Å². The lowest BCUT2D eigenvalue weighted by Crippen LogP contribution is -2.74. The Hall–Kier alpha value is -3.53. The van der Waals surface area contributed by atoms with Crippen molar-refractivity contribution in [3.05, 3.63) is 133 Å². The van der Waals surface area contributed by atoms with Crippen LogP contribution in [0.2, 0.25) is 5.28 Å². The molecule has 0 amide bonds. The second-order valence-corrected chi connectivity index (χ2v) is 11.8. The maximum absolute atomic E-state index is 6.10. The van der Waals surface area contributed by atoms with Crippen molar-refractivity contribution in [3.63, 3.8) is 0 Å². The zero-order valence-corrected chi connectivity index (χ0v) is 19.2. The number of hydrogen-bond donors (Lipinski definition) is 0. The average molecular weight is 449 g/mol. The summed E-state index contributed by atoms with van der Waals surface area (Å²) in [6.07, 6.45) is 1.70. The molecule has 5 aromatic rings. The third-order valence-corrected chi connectivity index (χ3v) is 10.8. The molecule has 2 nitrogen and oxygen atoms in total. The van der Waals surface area contributed by atoms with Gasteiger partial charge in [0.15, 0.2) is 8.07 Å². The van der Waals surface area contributed by atoms with Crippen LogP contribution in [-0.4, -0.2) is 18.0 Å². The van der Waals surface area contributed by atoms with E-state index in [9.17, 15) is 0 Å². The molecule has 0 atom stereocenters. The molecule has 4 heteroatoms. The number of benzene rings is 4. The SMILES string of the molecule is Clc1nccc(-c2cccc([Si](c3ccccc3)(c3ccccc3)c3ccccc3)c2)n1. The highest BCUT2D eigenvalue weighted by molar-refractivity contribution is 7.19. The number of aromatic nitrogens is 2. The standard InChI is InChI=1S/C28H21ClN2Si/c29-28-30-20-19-27(31-28)22-11-10-18-26(21-22)32(23-12-4-1-5-13-23,24-14-6-2-7-15-24)25-16-8-3-9-17-25/h1-21H. The maximum Gasteiger partial charge on any atom is 0.222 e. The molecule has 1 heterocycles. The predicted molar refractivity (Wildman–Crippen MR) is 136 cm³/mol. The van der Waals surface area contributed by atoms with E-state index in [1.807, 2.05) is 6.07 Å². The second-order valence-electron chi connectivity index (χ2n) is 7.64. The van der Waals surface area contributed by atoms with Gasteiger partial charge in [0.25, 0.3) is 0 Å². The molecule has 4 aromatic carbocycles. The van der Waals surface area contributed by atoms with E-state index >= 15 is 0 Å². The monoisotopic (exact) mass is 448 g/mol. The Morgan fingerprint density at radius 3 is 1.53 bits per heavy atom. The van der Waals surface area contributed by atoms with Crippen LogP contribution in [0, 0.1) is 0 Å². The first-order valence-electron chi connectivity index (χ1n) is 10.5. The fraction of sp³-hybridized carbons (Fsp3) is 0. The third-order valence-electron chi connectivity index (χ3n) is 5.84. The predicted octanol–water partition coefficient (Wildman–Crippen LogP) is 4.17. The van der Waals surface area contributed by atoms with Crippen molar-refractivity contribution in [1.29, 1.82) is 0 Å². The maximum atomic E-state index is 6.10. The van der Waals surface area contributed by atoms with Crippen molar-refractivity contribution in [2.75, 3.05) is 0 Å². The van der Waals surface area contributed by atoms with Gasteiger partial charge < -0.3 is 0 Å². The zero-order chi connectivity index (χ0) is 21.8. The molecule has 0 unspecified atom stereocenters. The lowest BCUT2D eigenvalue weighted by atomic mass is 10.1. The summed E-state index contributed by atoms with van der Waals surface area (Å²) in [5.41, 5.74) is 1.86. The van der Waals surface area contributed by atoms with Gasteiger partial charge in [0, 0.05) is 11.8 Å². The first-order chi connectivity index (χ1) is 15.8. The summed E-state index contributed by atoms with van der Waals surface area (Å²) in [5, 5.41) is 5.58. The van der Waals surface area contributed by atoms with E-state index in [4.69, 9.17) is 11.6 Å². The molecule has 0 aliphatic rings. The molecule has 32 heavy (non-hydrogen) atoms. The van der Waals surface area contributed by atoms with E-state index in [0.29, 0.717) is 0 Å². The van der Waals surface area contributed by atoms with Crippen LogP contribution in [0.15, 0.2) is 128 Å². The molecule has 5 rings (SSSR count). The van der Waals surface area contributed by atoms with Crippen molar-refractivity contribution in [2.24, 2.45) is 0 Å².